The molecule has 2 rings (SSSR count). The summed E-state index contributed by atoms with van der Waals surface area (Å²) in [5, 5.41) is 2.07. The minimum atomic E-state index is -4.28. The molecule has 2 amide bonds. The number of hydrogen-bond acceptors (Lipinski definition) is 6. The number of amides is 2. The van der Waals surface area contributed by atoms with E-state index in [0.717, 1.165) is 23.5 Å². The van der Waals surface area contributed by atoms with Crippen molar-refractivity contribution in [3.8, 4) is 0 Å². The molecule has 0 bridgehead atoms. The summed E-state index contributed by atoms with van der Waals surface area (Å²) in [6.45, 7) is 9.28. The molecule has 0 saturated carbocycles. The first kappa shape index (κ1) is 21.5. The molecule has 0 unspecified atom stereocenters. The zero-order chi connectivity index (χ0) is 21.1. The Morgan fingerprint density at radius 3 is 1.89 bits per heavy atom. The van der Waals surface area contributed by atoms with Crippen LogP contribution in [0.2, 0.25) is 0 Å². The lowest BCUT2D eigenvalue weighted by Crippen LogP contribution is -2.36. The third-order valence-corrected chi connectivity index (χ3v) is 5.26. The maximum absolute atomic E-state index is 12.4. The predicted octanol–water partition coefficient (Wildman–Crippen LogP) is 3.44. The molecule has 0 radical (unpaired) electrons. The molecule has 1 heterocycles. The third-order valence-electron chi connectivity index (χ3n) is 4.11. The smallest absolute Gasteiger partial charge is 0.307 e. The number of aromatic nitrogens is 2. The van der Waals surface area contributed by atoms with Crippen LogP contribution in [0.15, 0.2) is 35.7 Å². The number of Topliss-reactive ketones (excluding diaryl/α,β-unsaturated/α-hetero) is 1. The van der Waals surface area contributed by atoms with Crippen LogP contribution >= 0.6 is 0 Å². The molecular weight excluding hydrogens is 380 g/mol. The average molecular weight is 404 g/mol. The van der Waals surface area contributed by atoms with Crippen LogP contribution in [0.25, 0.3) is 0 Å². The fraction of sp³-hybridized carbons (Fsp3) is 0.368. The summed E-state index contributed by atoms with van der Waals surface area (Å²) in [6, 6.07) is 4.79. The van der Waals surface area contributed by atoms with Crippen LogP contribution < -0.4 is 10.0 Å². The monoisotopic (exact) mass is 404 g/mol. The van der Waals surface area contributed by atoms with Crippen molar-refractivity contribution >= 4 is 27.5 Å². The van der Waals surface area contributed by atoms with E-state index >= 15 is 0 Å². The summed E-state index contributed by atoms with van der Waals surface area (Å²) in [6.07, 6.45) is 2.21. The lowest BCUT2D eigenvalue weighted by atomic mass is 9.93. The maximum atomic E-state index is 12.4. The van der Waals surface area contributed by atoms with Crippen LogP contribution in [-0.4, -0.2) is 30.2 Å². The van der Waals surface area contributed by atoms with Gasteiger partial charge in [0.25, 0.3) is 5.16 Å². The molecule has 8 nitrogen and oxygen atoms in total. The van der Waals surface area contributed by atoms with Crippen LogP contribution in [0.3, 0.4) is 0 Å². The van der Waals surface area contributed by atoms with Gasteiger partial charge in [0, 0.05) is 18.1 Å². The van der Waals surface area contributed by atoms with Gasteiger partial charge in [0.1, 0.15) is 0 Å². The Balaban J connectivity index is 2.27. The van der Waals surface area contributed by atoms with Gasteiger partial charge >= 0.3 is 16.1 Å². The van der Waals surface area contributed by atoms with E-state index in [1.807, 2.05) is 50.6 Å². The fourth-order valence-corrected chi connectivity index (χ4v) is 3.41. The van der Waals surface area contributed by atoms with E-state index in [0.29, 0.717) is 5.69 Å². The molecule has 0 atom stereocenters. The second-order valence-corrected chi connectivity index (χ2v) is 8.57. The van der Waals surface area contributed by atoms with E-state index in [-0.39, 0.29) is 23.2 Å². The molecule has 1 aromatic heterocycles. The van der Waals surface area contributed by atoms with Crippen molar-refractivity contribution in [1.29, 1.82) is 0 Å². The topological polar surface area (TPSA) is 118 Å². The maximum Gasteiger partial charge on any atom is 0.333 e. The summed E-state index contributed by atoms with van der Waals surface area (Å²) >= 11 is 0. The van der Waals surface area contributed by atoms with Crippen LogP contribution in [0, 0.1) is 0 Å². The molecule has 1 aromatic carbocycles. The first-order chi connectivity index (χ1) is 13.0. The number of nitrogens with zero attached hydrogens (tertiary/aromatic N) is 2. The van der Waals surface area contributed by atoms with Crippen LogP contribution in [0.5, 0.6) is 0 Å². The van der Waals surface area contributed by atoms with Gasteiger partial charge in [-0.15, -0.1) is 0 Å². The van der Waals surface area contributed by atoms with Crippen LogP contribution in [0.1, 0.15) is 67.9 Å². The molecule has 2 aromatic rings. The number of nitrogens with one attached hydrogen (secondary N) is 2. The lowest BCUT2D eigenvalue weighted by molar-refractivity contribution is 0.101. The van der Waals surface area contributed by atoms with Crippen molar-refractivity contribution in [2.75, 3.05) is 5.32 Å². The molecule has 0 saturated heterocycles. The van der Waals surface area contributed by atoms with E-state index in [4.69, 9.17) is 0 Å². The molecule has 0 aliphatic heterocycles. The number of carbonyl (C=O) groups excluding carboxylic acids is 2. The highest BCUT2D eigenvalue weighted by atomic mass is 32.2. The molecule has 2 N–H and O–H groups in total. The van der Waals surface area contributed by atoms with Gasteiger partial charge in [-0.3, -0.25) is 4.79 Å². The van der Waals surface area contributed by atoms with Crippen molar-refractivity contribution in [2.45, 2.75) is 51.6 Å². The van der Waals surface area contributed by atoms with Gasteiger partial charge in [0.2, 0.25) is 0 Å². The second-order valence-electron chi connectivity index (χ2n) is 6.99. The van der Waals surface area contributed by atoms with Gasteiger partial charge in [0.05, 0.1) is 5.56 Å². The predicted molar refractivity (Wildman–Crippen MR) is 106 cm³/mol. The highest BCUT2D eigenvalue weighted by Gasteiger charge is 2.23. The molecular formula is C19H24N4O4S. The zero-order valence-corrected chi connectivity index (χ0v) is 17.3. The molecule has 9 heteroatoms. The first-order valence-electron chi connectivity index (χ1n) is 8.82. The number of rotatable bonds is 6. The van der Waals surface area contributed by atoms with E-state index in [1.54, 1.807) is 0 Å². The molecule has 0 aliphatic carbocycles. The van der Waals surface area contributed by atoms with Gasteiger partial charge < -0.3 is 5.32 Å². The largest absolute Gasteiger partial charge is 0.333 e. The molecule has 150 valence electrons. The number of anilines is 1. The number of benzene rings is 1. The highest BCUT2D eigenvalue weighted by Crippen LogP contribution is 2.32. The second kappa shape index (κ2) is 8.47. The first-order valence-corrected chi connectivity index (χ1v) is 10.3. The number of hydrogen-bond donors (Lipinski definition) is 2. The summed E-state index contributed by atoms with van der Waals surface area (Å²) < 4.78 is 26.7. The van der Waals surface area contributed by atoms with E-state index < -0.39 is 21.2 Å². The van der Waals surface area contributed by atoms with Crippen molar-refractivity contribution in [3.63, 3.8) is 0 Å². The third kappa shape index (κ3) is 4.92. The zero-order valence-electron chi connectivity index (χ0n) is 16.5. The Hall–Kier alpha value is -2.81. The molecule has 28 heavy (non-hydrogen) atoms. The van der Waals surface area contributed by atoms with E-state index in [9.17, 15) is 18.0 Å². The number of para-hydroxylation sites is 1. The average Bonchev–Trinajstić information content (AvgIpc) is 2.61. The fourth-order valence-electron chi connectivity index (χ4n) is 2.64. The van der Waals surface area contributed by atoms with E-state index in [2.05, 4.69) is 15.3 Å². The normalized spacial score (nSPS) is 11.5. The van der Waals surface area contributed by atoms with Crippen molar-refractivity contribution in [1.82, 2.24) is 14.7 Å². The quantitative estimate of drug-likeness (QED) is 0.562. The number of sulfonamides is 1. The van der Waals surface area contributed by atoms with Crippen molar-refractivity contribution < 1.29 is 18.0 Å². The van der Waals surface area contributed by atoms with Crippen LogP contribution in [0.4, 0.5) is 10.5 Å². The minimum Gasteiger partial charge on any atom is -0.307 e. The van der Waals surface area contributed by atoms with Crippen molar-refractivity contribution in [3.05, 3.63) is 47.3 Å². The van der Waals surface area contributed by atoms with Gasteiger partial charge in [0.15, 0.2) is 5.78 Å². The standard InChI is InChI=1S/C19H24N4O4S/c1-11(2)15-7-6-8-16(12(3)4)17(15)22-18(25)23-28(26,27)19-20-9-14(10-21-19)13(5)24/h6-12H,1-5H3,(H2,22,23,25). The summed E-state index contributed by atoms with van der Waals surface area (Å²) in [5.74, 6) is -0.0257. The highest BCUT2D eigenvalue weighted by molar-refractivity contribution is 7.89. The Labute approximate surface area is 164 Å². The lowest BCUT2D eigenvalue weighted by Gasteiger charge is -2.20. The SMILES string of the molecule is CC(=O)c1cnc(S(=O)(=O)NC(=O)Nc2c(C(C)C)cccc2C(C)C)nc1. The molecule has 0 fully saturated rings. The number of urea groups is 1. The molecule has 0 spiro atoms. The van der Waals surface area contributed by atoms with Gasteiger partial charge in [-0.1, -0.05) is 45.9 Å². The number of carbonyl (C=O) groups is 2. The number of ketones is 1. The van der Waals surface area contributed by atoms with Crippen LogP contribution in [-0.2, 0) is 10.0 Å². The molecule has 0 aliphatic rings. The summed E-state index contributed by atoms with van der Waals surface area (Å²) in [7, 11) is -4.28. The van der Waals surface area contributed by atoms with E-state index in [1.165, 1.54) is 6.92 Å². The Morgan fingerprint density at radius 2 is 1.46 bits per heavy atom. The van der Waals surface area contributed by atoms with Gasteiger partial charge in [-0.25, -0.2) is 19.5 Å². The van der Waals surface area contributed by atoms with Crippen molar-refractivity contribution in [2.24, 2.45) is 0 Å². The van der Waals surface area contributed by atoms with Gasteiger partial charge in [-0.05, 0) is 29.9 Å². The van der Waals surface area contributed by atoms with Gasteiger partial charge in [-0.2, -0.15) is 8.42 Å². The Morgan fingerprint density at radius 1 is 0.964 bits per heavy atom. The Kier molecular flexibility index (Phi) is 6.50. The Bertz CT molecular complexity index is 957. The minimum absolute atomic E-state index is 0.132. The summed E-state index contributed by atoms with van der Waals surface area (Å²) in [4.78, 5) is 31.0. The summed E-state index contributed by atoms with van der Waals surface area (Å²) in [5.41, 5.74) is 2.57.